The molecule has 106 valence electrons. The van der Waals surface area contributed by atoms with Gasteiger partial charge in [-0.15, -0.1) is 0 Å². The first-order chi connectivity index (χ1) is 8.43. The molecule has 0 spiro atoms. The Hall–Kier alpha value is -0.570. The van der Waals surface area contributed by atoms with E-state index in [1.54, 1.807) is 7.05 Å². The molecule has 0 radical (unpaired) electrons. The van der Waals surface area contributed by atoms with Crippen LogP contribution in [-0.4, -0.2) is 26.0 Å². The van der Waals surface area contributed by atoms with E-state index < -0.39 is 0 Å². The lowest BCUT2D eigenvalue weighted by atomic mass is 9.70. The van der Waals surface area contributed by atoms with Crippen LogP contribution in [0.25, 0.3) is 0 Å². The summed E-state index contributed by atoms with van der Waals surface area (Å²) in [6.07, 6.45) is 6.01. The smallest absolute Gasteiger partial charge is 0.221 e. The van der Waals surface area contributed by atoms with Crippen molar-refractivity contribution in [1.82, 2.24) is 10.6 Å². The number of hydrogen-bond donors (Lipinski definition) is 2. The quantitative estimate of drug-likeness (QED) is 0.740. The van der Waals surface area contributed by atoms with Crippen molar-refractivity contribution in [2.45, 2.75) is 52.9 Å². The minimum atomic E-state index is 0.124. The van der Waals surface area contributed by atoms with Gasteiger partial charge in [0, 0.05) is 20.0 Å². The standard InChI is InChI=1S/C15H30N2O/c1-15(2,3)13-7-5-12(6-8-13)11-17-10-9-14(18)16-4/h12-13,17H,5-11H2,1-4H3,(H,16,18). The van der Waals surface area contributed by atoms with Crippen molar-refractivity contribution in [2.75, 3.05) is 20.1 Å². The molecule has 0 bridgehead atoms. The summed E-state index contributed by atoms with van der Waals surface area (Å²) in [7, 11) is 1.69. The Labute approximate surface area is 112 Å². The third-order valence-corrected chi connectivity index (χ3v) is 4.31. The molecule has 2 N–H and O–H groups in total. The average molecular weight is 254 g/mol. The zero-order valence-electron chi connectivity index (χ0n) is 12.5. The zero-order valence-corrected chi connectivity index (χ0v) is 12.5. The van der Waals surface area contributed by atoms with Crippen molar-refractivity contribution in [1.29, 1.82) is 0 Å². The van der Waals surface area contributed by atoms with E-state index in [4.69, 9.17) is 0 Å². The molecule has 0 unspecified atom stereocenters. The second-order valence-electron chi connectivity index (χ2n) is 6.71. The van der Waals surface area contributed by atoms with Gasteiger partial charge in [-0.3, -0.25) is 4.79 Å². The topological polar surface area (TPSA) is 41.1 Å². The van der Waals surface area contributed by atoms with Gasteiger partial charge in [0.25, 0.3) is 0 Å². The Morgan fingerprint density at radius 2 is 1.78 bits per heavy atom. The van der Waals surface area contributed by atoms with Crippen molar-refractivity contribution in [3.8, 4) is 0 Å². The van der Waals surface area contributed by atoms with Gasteiger partial charge in [-0.05, 0) is 49.5 Å². The Balaban J connectivity index is 2.11. The van der Waals surface area contributed by atoms with Crippen molar-refractivity contribution in [3.63, 3.8) is 0 Å². The number of nitrogens with one attached hydrogen (secondary N) is 2. The molecule has 0 aromatic rings. The summed E-state index contributed by atoms with van der Waals surface area (Å²) in [5.74, 6) is 1.83. The molecule has 1 fully saturated rings. The maximum Gasteiger partial charge on any atom is 0.221 e. The Kier molecular flexibility index (Phi) is 6.13. The minimum Gasteiger partial charge on any atom is -0.359 e. The normalized spacial score (nSPS) is 24.9. The van der Waals surface area contributed by atoms with Gasteiger partial charge in [0.1, 0.15) is 0 Å². The van der Waals surface area contributed by atoms with E-state index in [1.165, 1.54) is 25.7 Å². The molecule has 1 aliphatic carbocycles. The third kappa shape index (κ3) is 5.38. The summed E-state index contributed by atoms with van der Waals surface area (Å²) in [5.41, 5.74) is 0.470. The third-order valence-electron chi connectivity index (χ3n) is 4.31. The molecule has 0 aromatic heterocycles. The molecule has 0 aliphatic heterocycles. The molecule has 0 heterocycles. The van der Waals surface area contributed by atoms with Gasteiger partial charge >= 0.3 is 0 Å². The van der Waals surface area contributed by atoms with E-state index in [0.717, 1.165) is 24.9 Å². The van der Waals surface area contributed by atoms with Gasteiger partial charge in [-0.25, -0.2) is 0 Å². The SMILES string of the molecule is CNC(=O)CCNCC1CCC(C(C)(C)C)CC1. The molecular weight excluding hydrogens is 224 g/mol. The summed E-state index contributed by atoms with van der Waals surface area (Å²) in [5, 5.41) is 6.06. The summed E-state index contributed by atoms with van der Waals surface area (Å²) in [4.78, 5) is 11.1. The van der Waals surface area contributed by atoms with Gasteiger partial charge in [0.2, 0.25) is 5.91 Å². The number of carbonyl (C=O) groups excluding carboxylic acids is 1. The molecule has 0 atom stereocenters. The molecule has 1 rings (SSSR count). The highest BCUT2D eigenvalue weighted by atomic mass is 16.1. The number of rotatable bonds is 5. The van der Waals surface area contributed by atoms with Crippen LogP contribution >= 0.6 is 0 Å². The highest BCUT2D eigenvalue weighted by Crippen LogP contribution is 2.39. The molecule has 3 heteroatoms. The second-order valence-corrected chi connectivity index (χ2v) is 6.71. The van der Waals surface area contributed by atoms with Gasteiger partial charge in [-0.1, -0.05) is 20.8 Å². The Morgan fingerprint density at radius 1 is 1.17 bits per heavy atom. The fourth-order valence-corrected chi connectivity index (χ4v) is 2.87. The van der Waals surface area contributed by atoms with Crippen LogP contribution in [-0.2, 0) is 4.79 Å². The molecule has 1 saturated carbocycles. The lowest BCUT2D eigenvalue weighted by Crippen LogP contribution is -2.32. The second kappa shape index (κ2) is 7.13. The van der Waals surface area contributed by atoms with Crippen molar-refractivity contribution >= 4 is 5.91 Å². The van der Waals surface area contributed by atoms with Crippen molar-refractivity contribution in [3.05, 3.63) is 0 Å². The molecule has 0 saturated heterocycles. The number of amides is 1. The van der Waals surface area contributed by atoms with E-state index in [1.807, 2.05) is 0 Å². The van der Waals surface area contributed by atoms with Gasteiger partial charge in [0.15, 0.2) is 0 Å². The lowest BCUT2D eigenvalue weighted by molar-refractivity contribution is -0.120. The molecular formula is C15H30N2O. The van der Waals surface area contributed by atoms with Crippen molar-refractivity contribution < 1.29 is 4.79 Å². The highest BCUT2D eigenvalue weighted by molar-refractivity contribution is 5.75. The summed E-state index contributed by atoms with van der Waals surface area (Å²) < 4.78 is 0. The highest BCUT2D eigenvalue weighted by Gasteiger charge is 2.29. The minimum absolute atomic E-state index is 0.124. The maximum absolute atomic E-state index is 11.1. The van der Waals surface area contributed by atoms with E-state index >= 15 is 0 Å². The summed E-state index contributed by atoms with van der Waals surface area (Å²) in [6.45, 7) is 8.96. The Morgan fingerprint density at radius 3 is 2.28 bits per heavy atom. The van der Waals surface area contributed by atoms with Crippen LogP contribution in [0.1, 0.15) is 52.9 Å². The first-order valence-corrected chi connectivity index (χ1v) is 7.34. The maximum atomic E-state index is 11.1. The predicted molar refractivity (Wildman–Crippen MR) is 76.5 cm³/mol. The van der Waals surface area contributed by atoms with Crippen LogP contribution in [0.3, 0.4) is 0 Å². The molecule has 3 nitrogen and oxygen atoms in total. The first-order valence-electron chi connectivity index (χ1n) is 7.34. The molecule has 0 aromatic carbocycles. The largest absolute Gasteiger partial charge is 0.359 e. The van der Waals surface area contributed by atoms with Crippen LogP contribution in [0, 0.1) is 17.3 Å². The van der Waals surface area contributed by atoms with E-state index in [9.17, 15) is 4.79 Å². The molecule has 18 heavy (non-hydrogen) atoms. The first kappa shape index (κ1) is 15.5. The number of carbonyl (C=O) groups is 1. The fourth-order valence-electron chi connectivity index (χ4n) is 2.87. The van der Waals surface area contributed by atoms with Crippen LogP contribution < -0.4 is 10.6 Å². The predicted octanol–water partition coefficient (Wildman–Crippen LogP) is 2.56. The van der Waals surface area contributed by atoms with Crippen LogP contribution in [0.15, 0.2) is 0 Å². The van der Waals surface area contributed by atoms with Crippen LogP contribution in [0.2, 0.25) is 0 Å². The van der Waals surface area contributed by atoms with Gasteiger partial charge in [0.05, 0.1) is 0 Å². The average Bonchev–Trinajstić information content (AvgIpc) is 2.33. The fraction of sp³-hybridized carbons (Fsp3) is 0.933. The van der Waals surface area contributed by atoms with E-state index in [2.05, 4.69) is 31.4 Å². The van der Waals surface area contributed by atoms with Gasteiger partial charge in [-0.2, -0.15) is 0 Å². The summed E-state index contributed by atoms with van der Waals surface area (Å²) in [6, 6.07) is 0. The Bertz CT molecular complexity index is 250. The van der Waals surface area contributed by atoms with Crippen molar-refractivity contribution in [2.24, 2.45) is 17.3 Å². The monoisotopic (exact) mass is 254 g/mol. The van der Waals surface area contributed by atoms with Crippen LogP contribution in [0.4, 0.5) is 0 Å². The van der Waals surface area contributed by atoms with Crippen LogP contribution in [0.5, 0.6) is 0 Å². The molecule has 1 aliphatic rings. The zero-order chi connectivity index (χ0) is 13.6. The van der Waals surface area contributed by atoms with E-state index in [0.29, 0.717) is 11.8 Å². The van der Waals surface area contributed by atoms with Gasteiger partial charge < -0.3 is 10.6 Å². The lowest BCUT2D eigenvalue weighted by Gasteiger charge is -2.37. The number of hydrogen-bond acceptors (Lipinski definition) is 2. The van der Waals surface area contributed by atoms with E-state index in [-0.39, 0.29) is 5.91 Å². The summed E-state index contributed by atoms with van der Waals surface area (Å²) >= 11 is 0. The molecule has 1 amide bonds.